The minimum absolute atomic E-state index is 0.247. The predicted octanol–water partition coefficient (Wildman–Crippen LogP) is 6.79. The maximum atomic E-state index is 3.63. The number of hydrogen-bond acceptors (Lipinski definition) is 1. The molecular formula is C21H18BrNS. The van der Waals surface area contributed by atoms with Gasteiger partial charge in [0, 0.05) is 37.2 Å². The van der Waals surface area contributed by atoms with Crippen molar-refractivity contribution < 1.29 is 0 Å². The van der Waals surface area contributed by atoms with Crippen LogP contribution in [0.5, 0.6) is 0 Å². The Morgan fingerprint density at radius 2 is 1.88 bits per heavy atom. The van der Waals surface area contributed by atoms with E-state index >= 15 is 0 Å². The molecule has 0 unspecified atom stereocenters. The number of aromatic nitrogens is 1. The Bertz CT molecular complexity index is 1010. The Kier molecular flexibility index (Phi) is 4.07. The van der Waals surface area contributed by atoms with Gasteiger partial charge in [0.25, 0.3) is 0 Å². The fourth-order valence-corrected chi connectivity index (χ4v) is 4.73. The summed E-state index contributed by atoms with van der Waals surface area (Å²) in [6.45, 7) is 4.32. The Balaban J connectivity index is 1.96. The highest BCUT2D eigenvalue weighted by atomic mass is 79.9. The lowest BCUT2D eigenvalue weighted by molar-refractivity contribution is 1.01. The third kappa shape index (κ3) is 2.83. The lowest BCUT2D eigenvalue weighted by Gasteiger charge is -2.16. The summed E-state index contributed by atoms with van der Waals surface area (Å²) in [6, 6.07) is 19.7. The lowest BCUT2D eigenvalue weighted by atomic mass is 9.89. The van der Waals surface area contributed by atoms with Crippen molar-refractivity contribution >= 4 is 38.2 Å². The molecule has 0 spiro atoms. The third-order valence-corrected chi connectivity index (χ3v) is 5.97. The predicted molar refractivity (Wildman–Crippen MR) is 107 cm³/mol. The molecule has 2 aromatic heterocycles. The number of nitrogens with one attached hydrogen (secondary N) is 1. The van der Waals surface area contributed by atoms with Crippen molar-refractivity contribution in [2.75, 3.05) is 0 Å². The molecule has 0 aliphatic carbocycles. The van der Waals surface area contributed by atoms with Crippen LogP contribution in [-0.4, -0.2) is 4.98 Å². The fourth-order valence-electron chi connectivity index (χ4n) is 3.29. The summed E-state index contributed by atoms with van der Waals surface area (Å²) in [5.74, 6) is 0.247. The van der Waals surface area contributed by atoms with Gasteiger partial charge in [-0.25, -0.2) is 0 Å². The molecule has 24 heavy (non-hydrogen) atoms. The second kappa shape index (κ2) is 6.23. The van der Waals surface area contributed by atoms with Gasteiger partial charge in [0.05, 0.1) is 0 Å². The van der Waals surface area contributed by atoms with E-state index in [2.05, 4.69) is 95.6 Å². The number of aromatic amines is 1. The van der Waals surface area contributed by atoms with Gasteiger partial charge in [-0.15, -0.1) is 11.3 Å². The third-order valence-electron chi connectivity index (χ3n) is 4.41. The highest BCUT2D eigenvalue weighted by molar-refractivity contribution is 9.10. The monoisotopic (exact) mass is 395 g/mol. The normalized spacial score (nSPS) is 12.6. The van der Waals surface area contributed by atoms with Crippen LogP contribution in [0.25, 0.3) is 10.9 Å². The fraction of sp³-hybridized carbons (Fsp3) is 0.143. The Hall–Kier alpha value is -1.84. The van der Waals surface area contributed by atoms with Gasteiger partial charge in [-0.3, -0.25) is 0 Å². The van der Waals surface area contributed by atoms with Crippen LogP contribution in [0.2, 0.25) is 0 Å². The number of halogens is 1. The molecule has 0 saturated heterocycles. The Labute approximate surface area is 154 Å². The lowest BCUT2D eigenvalue weighted by Crippen LogP contribution is -2.00. The van der Waals surface area contributed by atoms with Crippen molar-refractivity contribution in [3.05, 3.63) is 91.7 Å². The molecule has 4 aromatic rings. The molecule has 0 aliphatic heterocycles. The SMILES string of the molecule is Cc1ccc2[nH]cc([C@@H](c3cccc(Br)c3)c3ccc(C)s3)c2c1. The summed E-state index contributed by atoms with van der Waals surface area (Å²) in [7, 11) is 0. The van der Waals surface area contributed by atoms with Crippen molar-refractivity contribution in [1.82, 2.24) is 4.98 Å². The first-order valence-electron chi connectivity index (χ1n) is 8.01. The molecule has 0 saturated carbocycles. The number of thiophene rings is 1. The molecule has 1 atom stereocenters. The van der Waals surface area contributed by atoms with Gasteiger partial charge < -0.3 is 4.98 Å². The number of aryl methyl sites for hydroxylation is 2. The van der Waals surface area contributed by atoms with Gasteiger partial charge in [0.2, 0.25) is 0 Å². The van der Waals surface area contributed by atoms with E-state index < -0.39 is 0 Å². The average Bonchev–Trinajstić information content (AvgIpc) is 3.15. The molecule has 0 aliphatic rings. The largest absolute Gasteiger partial charge is 0.361 e. The zero-order valence-electron chi connectivity index (χ0n) is 13.6. The number of rotatable bonds is 3. The summed E-state index contributed by atoms with van der Waals surface area (Å²) < 4.78 is 1.12. The van der Waals surface area contributed by atoms with Crippen molar-refractivity contribution in [2.45, 2.75) is 19.8 Å². The van der Waals surface area contributed by atoms with E-state index in [1.54, 1.807) is 0 Å². The number of benzene rings is 2. The first-order valence-corrected chi connectivity index (χ1v) is 9.62. The van der Waals surface area contributed by atoms with Gasteiger partial charge in [-0.2, -0.15) is 0 Å². The zero-order chi connectivity index (χ0) is 16.7. The van der Waals surface area contributed by atoms with Crippen LogP contribution in [0.15, 0.2) is 65.3 Å². The van der Waals surface area contributed by atoms with Gasteiger partial charge in [0.15, 0.2) is 0 Å². The van der Waals surface area contributed by atoms with E-state index in [9.17, 15) is 0 Å². The summed E-state index contributed by atoms with van der Waals surface area (Å²) in [5.41, 5.74) is 5.14. The molecule has 2 aromatic carbocycles. The molecule has 1 nitrogen and oxygen atoms in total. The molecular weight excluding hydrogens is 378 g/mol. The highest BCUT2D eigenvalue weighted by Gasteiger charge is 2.22. The second-order valence-electron chi connectivity index (χ2n) is 6.23. The molecule has 1 N–H and O–H groups in total. The first kappa shape index (κ1) is 15.7. The van der Waals surface area contributed by atoms with Crippen molar-refractivity contribution in [1.29, 1.82) is 0 Å². The van der Waals surface area contributed by atoms with Crippen LogP contribution in [-0.2, 0) is 0 Å². The van der Waals surface area contributed by atoms with Gasteiger partial charge in [-0.1, -0.05) is 39.7 Å². The number of H-pyrrole nitrogens is 1. The summed E-state index contributed by atoms with van der Waals surface area (Å²) in [6.07, 6.45) is 2.17. The summed E-state index contributed by atoms with van der Waals surface area (Å²) in [4.78, 5) is 6.18. The molecule has 0 fully saturated rings. The zero-order valence-corrected chi connectivity index (χ0v) is 16.0. The van der Waals surface area contributed by atoms with Crippen molar-refractivity contribution in [3.8, 4) is 0 Å². The molecule has 0 radical (unpaired) electrons. The summed E-state index contributed by atoms with van der Waals surface area (Å²) >= 11 is 5.51. The Morgan fingerprint density at radius 1 is 1.00 bits per heavy atom. The van der Waals surface area contributed by atoms with Crippen LogP contribution < -0.4 is 0 Å². The van der Waals surface area contributed by atoms with E-state index in [1.807, 2.05) is 11.3 Å². The number of fused-ring (bicyclic) bond motifs is 1. The standard InChI is InChI=1S/C21H18BrNS/c1-13-6-8-19-17(10-13)18(12-23-19)21(20-9-7-14(2)24-20)15-4-3-5-16(22)11-15/h3-12,21,23H,1-2H3/t21-/m1/s1. The van der Waals surface area contributed by atoms with Crippen LogP contribution in [0.3, 0.4) is 0 Å². The average molecular weight is 396 g/mol. The van der Waals surface area contributed by atoms with Crippen LogP contribution >= 0.6 is 27.3 Å². The molecule has 120 valence electrons. The van der Waals surface area contributed by atoms with Crippen LogP contribution in [0.4, 0.5) is 0 Å². The molecule has 2 heterocycles. The maximum absolute atomic E-state index is 3.63. The first-order chi connectivity index (χ1) is 11.6. The molecule has 3 heteroatoms. The van der Waals surface area contributed by atoms with E-state index in [0.717, 1.165) is 4.47 Å². The van der Waals surface area contributed by atoms with Gasteiger partial charge in [0.1, 0.15) is 0 Å². The Morgan fingerprint density at radius 3 is 2.62 bits per heavy atom. The van der Waals surface area contributed by atoms with E-state index in [-0.39, 0.29) is 5.92 Å². The van der Waals surface area contributed by atoms with E-state index in [1.165, 1.54) is 37.3 Å². The van der Waals surface area contributed by atoms with E-state index in [4.69, 9.17) is 0 Å². The summed E-state index contributed by atoms with van der Waals surface area (Å²) in [5, 5.41) is 1.31. The minimum Gasteiger partial charge on any atom is -0.361 e. The number of hydrogen-bond donors (Lipinski definition) is 1. The van der Waals surface area contributed by atoms with Crippen LogP contribution in [0.1, 0.15) is 32.4 Å². The second-order valence-corrected chi connectivity index (χ2v) is 8.46. The van der Waals surface area contributed by atoms with Gasteiger partial charge in [-0.05, 0) is 61.4 Å². The minimum atomic E-state index is 0.247. The topological polar surface area (TPSA) is 15.8 Å². The van der Waals surface area contributed by atoms with Gasteiger partial charge >= 0.3 is 0 Å². The molecule has 0 bridgehead atoms. The maximum Gasteiger partial charge on any atom is 0.0457 e. The highest BCUT2D eigenvalue weighted by Crippen LogP contribution is 2.39. The smallest absolute Gasteiger partial charge is 0.0457 e. The quantitative estimate of drug-likeness (QED) is 0.392. The molecule has 0 amide bonds. The van der Waals surface area contributed by atoms with Crippen molar-refractivity contribution in [3.63, 3.8) is 0 Å². The van der Waals surface area contributed by atoms with Crippen LogP contribution in [0, 0.1) is 13.8 Å². The molecule has 4 rings (SSSR count). The van der Waals surface area contributed by atoms with Crippen molar-refractivity contribution in [2.24, 2.45) is 0 Å². The van der Waals surface area contributed by atoms with E-state index in [0.29, 0.717) is 0 Å².